The first-order chi connectivity index (χ1) is 21.7. The van der Waals surface area contributed by atoms with Crippen LogP contribution < -0.4 is 31.4 Å². The molecule has 0 atom stereocenters. The minimum atomic E-state index is 0.916. The fraction of sp³-hybridized carbons (Fsp3) is 0.0698. The topological polar surface area (TPSA) is 8.82 Å². The summed E-state index contributed by atoms with van der Waals surface area (Å²) in [7, 11) is 0. The van der Waals surface area contributed by atoms with E-state index < -0.39 is 0 Å². The van der Waals surface area contributed by atoms with Crippen LogP contribution in [0, 0.1) is 6.92 Å². The van der Waals surface area contributed by atoms with Gasteiger partial charge in [0.05, 0.1) is 27.8 Å². The van der Waals surface area contributed by atoms with Crippen LogP contribution in [-0.2, 0) is 0 Å². The van der Waals surface area contributed by atoms with E-state index in [0.29, 0.717) is 0 Å². The summed E-state index contributed by atoms with van der Waals surface area (Å²) in [4.78, 5) is 0. The van der Waals surface area contributed by atoms with Gasteiger partial charge < -0.3 is 8.80 Å². The van der Waals surface area contributed by atoms with Crippen molar-refractivity contribution in [3.05, 3.63) is 139 Å². The monoisotopic (exact) mass is 580 g/mol. The zero-order valence-corrected chi connectivity index (χ0v) is 26.2. The highest BCUT2D eigenvalue weighted by Crippen LogP contribution is 2.29. The fourth-order valence-electron chi connectivity index (χ4n) is 6.93. The Kier molecular flexibility index (Phi) is 6.60. The third-order valence-corrected chi connectivity index (χ3v) is 9.05. The highest BCUT2D eigenvalue weighted by Gasteiger charge is 2.19. The molecule has 0 bridgehead atoms. The zero-order valence-electron chi connectivity index (χ0n) is 26.2. The van der Waals surface area contributed by atoms with Crippen molar-refractivity contribution in [2.45, 2.75) is 20.8 Å². The van der Waals surface area contributed by atoms with Crippen molar-refractivity contribution in [3.8, 4) is 0 Å². The molecule has 0 aliphatic carbocycles. The van der Waals surface area contributed by atoms with Crippen LogP contribution in [0.25, 0.3) is 94.7 Å². The van der Waals surface area contributed by atoms with Gasteiger partial charge in [-0.1, -0.05) is 106 Å². The van der Waals surface area contributed by atoms with Crippen molar-refractivity contribution < 1.29 is 0 Å². The van der Waals surface area contributed by atoms with Crippen LogP contribution >= 0.6 is 0 Å². The molecule has 45 heavy (non-hydrogen) atoms. The average molecular weight is 581 g/mol. The second-order valence-electron chi connectivity index (χ2n) is 11.8. The lowest BCUT2D eigenvalue weighted by Gasteiger charge is -2.00. The van der Waals surface area contributed by atoms with E-state index in [2.05, 4.69) is 141 Å². The highest BCUT2D eigenvalue weighted by atomic mass is 14.9. The Morgan fingerprint density at radius 2 is 1.18 bits per heavy atom. The Balaban J connectivity index is 1.71. The summed E-state index contributed by atoms with van der Waals surface area (Å²) in [6.45, 7) is 28.8. The molecule has 0 N–H and O–H groups in total. The summed E-state index contributed by atoms with van der Waals surface area (Å²) in [5.41, 5.74) is 8.81. The predicted octanol–water partition coefficient (Wildman–Crippen LogP) is 6.47. The van der Waals surface area contributed by atoms with Crippen LogP contribution in [0.15, 0.2) is 84.9 Å². The minimum Gasteiger partial charge on any atom is -0.309 e. The van der Waals surface area contributed by atoms with Crippen molar-refractivity contribution in [1.29, 1.82) is 0 Å². The smallest absolute Gasteiger partial charge is 0.0614 e. The van der Waals surface area contributed by atoms with Gasteiger partial charge in [0.1, 0.15) is 0 Å². The van der Waals surface area contributed by atoms with Gasteiger partial charge in [-0.25, -0.2) is 0 Å². The van der Waals surface area contributed by atoms with Gasteiger partial charge in [0.2, 0.25) is 0 Å². The summed E-state index contributed by atoms with van der Waals surface area (Å²) in [6, 6.07) is 25.4. The lowest BCUT2D eigenvalue weighted by molar-refractivity contribution is 1.21. The second-order valence-corrected chi connectivity index (χ2v) is 11.8. The molecule has 0 saturated heterocycles. The van der Waals surface area contributed by atoms with Crippen LogP contribution in [0.4, 0.5) is 0 Å². The molecule has 7 rings (SSSR count). The molecule has 0 aliphatic heterocycles. The Morgan fingerprint density at radius 1 is 0.600 bits per heavy atom. The molecule has 0 unspecified atom stereocenters. The van der Waals surface area contributed by atoms with Gasteiger partial charge in [-0.3, -0.25) is 0 Å². The molecule has 3 aromatic carbocycles. The van der Waals surface area contributed by atoms with E-state index in [0.717, 1.165) is 86.7 Å². The molecule has 2 heteroatoms. The van der Waals surface area contributed by atoms with Crippen LogP contribution in [0.5, 0.6) is 0 Å². The molecule has 0 saturated carbocycles. The second kappa shape index (κ2) is 10.5. The van der Waals surface area contributed by atoms with Crippen molar-refractivity contribution in [2.24, 2.45) is 0 Å². The van der Waals surface area contributed by atoms with Crippen molar-refractivity contribution in [3.63, 3.8) is 0 Å². The maximum Gasteiger partial charge on any atom is 0.0614 e. The first kappa shape index (κ1) is 28.2. The van der Waals surface area contributed by atoms with Gasteiger partial charge in [0.25, 0.3) is 0 Å². The minimum absolute atomic E-state index is 0.916. The molecule has 7 aromatic rings. The van der Waals surface area contributed by atoms with Gasteiger partial charge in [-0.05, 0) is 83.1 Å². The molecule has 0 aliphatic rings. The Morgan fingerprint density at radius 3 is 1.87 bits per heavy atom. The molecule has 0 amide bonds. The number of rotatable bonds is 3. The van der Waals surface area contributed by atoms with E-state index in [1.807, 2.05) is 24.3 Å². The Labute approximate surface area is 262 Å². The first-order valence-electron chi connectivity index (χ1n) is 15.3. The van der Waals surface area contributed by atoms with Crippen molar-refractivity contribution in [1.82, 2.24) is 8.80 Å². The van der Waals surface area contributed by atoms with Gasteiger partial charge in [0.15, 0.2) is 0 Å². The van der Waals surface area contributed by atoms with Crippen LogP contribution in [-0.4, -0.2) is 8.80 Å². The van der Waals surface area contributed by atoms with E-state index >= 15 is 0 Å². The number of aromatic nitrogens is 2. The third kappa shape index (κ3) is 4.17. The van der Waals surface area contributed by atoms with Gasteiger partial charge in [-0.2, -0.15) is 0 Å². The summed E-state index contributed by atoms with van der Waals surface area (Å²) >= 11 is 0. The van der Waals surface area contributed by atoms with E-state index in [4.69, 9.17) is 0 Å². The molecule has 4 aromatic heterocycles. The average Bonchev–Trinajstić information content (AvgIpc) is 3.65. The number of fused-ring (bicyclic) bond motifs is 7. The molecule has 218 valence electrons. The maximum absolute atomic E-state index is 4.68. The van der Waals surface area contributed by atoms with Crippen LogP contribution in [0.2, 0.25) is 0 Å². The SMILES string of the molecule is C=c1ccccc(=C)cc2c(c1)c(/C=C\C)c1c(=C)c(C)c(/C=c3/c(/C=C\C)c4c(=C)c5cc6ccccc6cc5n4c3=C)n12. The van der Waals surface area contributed by atoms with Gasteiger partial charge >= 0.3 is 0 Å². The van der Waals surface area contributed by atoms with E-state index in [9.17, 15) is 0 Å². The standard InChI is InChI=1S/C43H36N2/c1-9-15-34-37(31(8)44-41-24-33-20-14-13-19-32(33)23-36(41)30(7)43(34)44)25-39-28(5)29(6)42-35(16-10-2)38-21-26(3)17-11-12-18-27(4)22-40(38)45(39)42/h9-25H,3-4,6-8H2,1-2,5H3/b15-9-,16-10-,17-11?,18-12?,37-25+,38-21?,40-22?. The lowest BCUT2D eigenvalue weighted by Crippen LogP contribution is -2.25. The zero-order chi connectivity index (χ0) is 31.6. The maximum atomic E-state index is 4.68. The molecular formula is C43H36N2. The third-order valence-electron chi connectivity index (χ3n) is 9.05. The largest absolute Gasteiger partial charge is 0.309 e. The number of hydrogen-bond donors (Lipinski definition) is 0. The molecule has 0 fully saturated rings. The Bertz CT molecular complexity index is 2820. The number of allylic oxidation sites excluding steroid dienone is 2. The van der Waals surface area contributed by atoms with Gasteiger partial charge in [-0.15, -0.1) is 0 Å². The molecule has 0 spiro atoms. The fourth-order valence-corrected chi connectivity index (χ4v) is 6.93. The summed E-state index contributed by atoms with van der Waals surface area (Å²) < 4.78 is 4.63. The molecular weight excluding hydrogens is 544 g/mol. The van der Waals surface area contributed by atoms with Gasteiger partial charge in [0, 0.05) is 37.7 Å². The number of hydrogen-bond acceptors (Lipinski definition) is 0. The first-order valence-corrected chi connectivity index (χ1v) is 15.3. The number of nitrogens with zero attached hydrogens (tertiary/aromatic N) is 2. The van der Waals surface area contributed by atoms with E-state index in [1.54, 1.807) is 0 Å². The highest BCUT2D eigenvalue weighted by molar-refractivity contribution is 6.02. The predicted molar refractivity (Wildman–Crippen MR) is 199 cm³/mol. The normalized spacial score (nSPS) is 12.7. The van der Waals surface area contributed by atoms with Crippen molar-refractivity contribution in [2.75, 3.05) is 0 Å². The molecule has 0 radical (unpaired) electrons. The Hall–Kier alpha value is -5.60. The van der Waals surface area contributed by atoms with Crippen LogP contribution in [0.1, 0.15) is 36.2 Å². The summed E-state index contributed by atoms with van der Waals surface area (Å²) in [5, 5.41) is 10.5. The van der Waals surface area contributed by atoms with Crippen molar-refractivity contribution >= 4 is 94.7 Å². The van der Waals surface area contributed by atoms with E-state index in [-0.39, 0.29) is 0 Å². The quantitative estimate of drug-likeness (QED) is 0.227. The number of benzene rings is 2. The summed E-state index contributed by atoms with van der Waals surface area (Å²) in [6.07, 6.45) is 10.8. The lowest BCUT2D eigenvalue weighted by atomic mass is 10.1. The summed E-state index contributed by atoms with van der Waals surface area (Å²) in [5.74, 6) is 0. The molecule has 4 heterocycles. The van der Waals surface area contributed by atoms with Crippen LogP contribution in [0.3, 0.4) is 0 Å². The van der Waals surface area contributed by atoms with E-state index in [1.165, 1.54) is 10.8 Å². The molecule has 2 nitrogen and oxygen atoms in total.